The average Bonchev–Trinajstić information content (AvgIpc) is 2.53. The third-order valence-electron chi connectivity index (χ3n) is 3.48. The van der Waals surface area contributed by atoms with Crippen LogP contribution in [0.15, 0.2) is 53.4 Å². The molecule has 2 rings (SSSR count). The maximum absolute atomic E-state index is 12.9. The number of benzene rings is 2. The van der Waals surface area contributed by atoms with Gasteiger partial charge in [0.1, 0.15) is 5.02 Å². The normalized spacial score (nSPS) is 11.9. The number of rotatable bonds is 6. The van der Waals surface area contributed by atoms with Gasteiger partial charge in [0.25, 0.3) is 5.69 Å². The minimum Gasteiger partial charge on any atom is -0.258 e. The Kier molecular flexibility index (Phi) is 5.58. The Balaban J connectivity index is 2.45. The lowest BCUT2D eigenvalue weighted by Crippen LogP contribution is -2.36. The fraction of sp³-hybridized carbons (Fsp3) is 0.250. The maximum Gasteiger partial charge on any atom is 0.289 e. The summed E-state index contributed by atoms with van der Waals surface area (Å²) in [6.45, 7) is 3.69. The van der Waals surface area contributed by atoms with Crippen LogP contribution < -0.4 is 0 Å². The fourth-order valence-corrected chi connectivity index (χ4v) is 4.07. The van der Waals surface area contributed by atoms with Gasteiger partial charge in [-0.3, -0.25) is 10.1 Å². The summed E-state index contributed by atoms with van der Waals surface area (Å²) in [6.07, 6.45) is 0. The van der Waals surface area contributed by atoms with Crippen molar-refractivity contribution >= 4 is 27.3 Å². The Hall–Kier alpha value is -1.96. The van der Waals surface area contributed by atoms with Gasteiger partial charge in [-0.15, -0.1) is 0 Å². The van der Waals surface area contributed by atoms with Gasteiger partial charge in [-0.2, -0.15) is 4.31 Å². The van der Waals surface area contributed by atoms with Crippen LogP contribution in [-0.2, 0) is 16.6 Å². The number of nitrogens with zero attached hydrogens (tertiary/aromatic N) is 2. The molecule has 2 aromatic carbocycles. The van der Waals surface area contributed by atoms with E-state index >= 15 is 0 Å². The number of hydrogen-bond acceptors (Lipinski definition) is 4. The molecular weight excluding hydrogens is 352 g/mol. The van der Waals surface area contributed by atoms with Crippen molar-refractivity contribution in [1.29, 1.82) is 0 Å². The molecule has 0 fully saturated rings. The molecule has 0 saturated heterocycles. The molecule has 0 amide bonds. The number of nitro benzene ring substituents is 1. The molecule has 0 heterocycles. The number of hydrogen-bond donors (Lipinski definition) is 0. The summed E-state index contributed by atoms with van der Waals surface area (Å²) < 4.78 is 27.1. The summed E-state index contributed by atoms with van der Waals surface area (Å²) in [4.78, 5) is 10.2. The molecule has 8 heteroatoms. The van der Waals surface area contributed by atoms with Gasteiger partial charge in [0, 0.05) is 18.7 Å². The molecule has 0 saturated carbocycles. The largest absolute Gasteiger partial charge is 0.289 e. The van der Waals surface area contributed by atoms with Crippen molar-refractivity contribution in [2.45, 2.75) is 31.3 Å². The molecule has 0 aromatic heterocycles. The van der Waals surface area contributed by atoms with Crippen LogP contribution >= 0.6 is 11.6 Å². The third kappa shape index (κ3) is 3.92. The van der Waals surface area contributed by atoms with E-state index in [1.165, 1.54) is 16.4 Å². The molecule has 2 aromatic rings. The van der Waals surface area contributed by atoms with Crippen LogP contribution in [0.25, 0.3) is 0 Å². The van der Waals surface area contributed by atoms with Crippen LogP contribution in [0.3, 0.4) is 0 Å². The highest BCUT2D eigenvalue weighted by Gasteiger charge is 2.29. The first kappa shape index (κ1) is 18.4. The summed E-state index contributed by atoms with van der Waals surface area (Å²) in [5.74, 6) is 0. The van der Waals surface area contributed by atoms with Crippen molar-refractivity contribution in [3.63, 3.8) is 0 Å². The first-order valence-electron chi connectivity index (χ1n) is 7.23. The van der Waals surface area contributed by atoms with E-state index in [1.54, 1.807) is 13.8 Å². The number of halogens is 1. The Morgan fingerprint density at radius 2 is 1.79 bits per heavy atom. The molecule has 24 heavy (non-hydrogen) atoms. The van der Waals surface area contributed by atoms with Crippen LogP contribution in [0, 0.1) is 10.1 Å². The number of nitro groups is 1. The van der Waals surface area contributed by atoms with Crippen molar-refractivity contribution in [1.82, 2.24) is 4.31 Å². The topological polar surface area (TPSA) is 80.5 Å². The van der Waals surface area contributed by atoms with Crippen LogP contribution in [0.4, 0.5) is 5.69 Å². The molecule has 0 spiro atoms. The van der Waals surface area contributed by atoms with Gasteiger partial charge >= 0.3 is 0 Å². The zero-order chi connectivity index (χ0) is 17.9. The van der Waals surface area contributed by atoms with Crippen molar-refractivity contribution in [2.75, 3.05) is 0 Å². The molecular formula is C16H17ClN2O4S. The Morgan fingerprint density at radius 1 is 1.17 bits per heavy atom. The molecule has 0 unspecified atom stereocenters. The van der Waals surface area contributed by atoms with E-state index in [-0.39, 0.29) is 22.5 Å². The monoisotopic (exact) mass is 368 g/mol. The molecule has 6 nitrogen and oxygen atoms in total. The first-order valence-corrected chi connectivity index (χ1v) is 9.05. The zero-order valence-electron chi connectivity index (χ0n) is 13.2. The Labute approximate surface area is 145 Å². The van der Waals surface area contributed by atoms with Gasteiger partial charge in [0.15, 0.2) is 0 Å². The lowest BCUT2D eigenvalue weighted by atomic mass is 10.2. The summed E-state index contributed by atoms with van der Waals surface area (Å²) in [5.41, 5.74) is 0.402. The molecule has 0 aliphatic heterocycles. The quantitative estimate of drug-likeness (QED) is 0.573. The summed E-state index contributed by atoms with van der Waals surface area (Å²) >= 11 is 5.76. The minimum atomic E-state index is -3.90. The highest BCUT2D eigenvalue weighted by molar-refractivity contribution is 7.89. The van der Waals surface area contributed by atoms with Crippen molar-refractivity contribution in [3.05, 3.63) is 69.2 Å². The van der Waals surface area contributed by atoms with E-state index in [4.69, 9.17) is 11.6 Å². The van der Waals surface area contributed by atoms with Gasteiger partial charge in [0.05, 0.1) is 9.82 Å². The Morgan fingerprint density at radius 3 is 2.33 bits per heavy atom. The second-order valence-electron chi connectivity index (χ2n) is 5.50. The van der Waals surface area contributed by atoms with Gasteiger partial charge in [-0.25, -0.2) is 8.42 Å². The van der Waals surface area contributed by atoms with Gasteiger partial charge in [-0.05, 0) is 31.5 Å². The van der Waals surface area contributed by atoms with Crippen molar-refractivity contribution < 1.29 is 13.3 Å². The van der Waals surface area contributed by atoms with Gasteiger partial charge in [0.2, 0.25) is 10.0 Å². The van der Waals surface area contributed by atoms with Crippen LogP contribution in [-0.4, -0.2) is 23.7 Å². The molecule has 128 valence electrons. The predicted molar refractivity (Wildman–Crippen MR) is 92.4 cm³/mol. The summed E-state index contributed by atoms with van der Waals surface area (Å²) in [7, 11) is -3.90. The second-order valence-corrected chi connectivity index (χ2v) is 7.80. The van der Waals surface area contributed by atoms with Gasteiger partial charge < -0.3 is 0 Å². The number of sulfonamides is 1. The van der Waals surface area contributed by atoms with E-state index in [0.29, 0.717) is 0 Å². The first-order chi connectivity index (χ1) is 11.2. The van der Waals surface area contributed by atoms with Crippen molar-refractivity contribution in [2.24, 2.45) is 0 Å². The van der Waals surface area contributed by atoms with E-state index in [2.05, 4.69) is 0 Å². The summed E-state index contributed by atoms with van der Waals surface area (Å²) in [6, 6.07) is 12.4. The van der Waals surface area contributed by atoms with E-state index < -0.39 is 20.6 Å². The zero-order valence-corrected chi connectivity index (χ0v) is 14.8. The highest BCUT2D eigenvalue weighted by atomic mass is 35.5. The molecule has 0 radical (unpaired) electrons. The molecule has 0 bridgehead atoms. The van der Waals surface area contributed by atoms with E-state index in [1.807, 2.05) is 30.3 Å². The van der Waals surface area contributed by atoms with E-state index in [0.717, 1.165) is 11.6 Å². The molecule has 0 atom stereocenters. The molecule has 0 aliphatic rings. The second kappa shape index (κ2) is 7.29. The predicted octanol–water partition coefficient (Wildman–Crippen LogP) is 3.85. The third-order valence-corrected chi connectivity index (χ3v) is 5.82. The minimum absolute atomic E-state index is 0.0990. The molecule has 0 aliphatic carbocycles. The fourth-order valence-electron chi connectivity index (χ4n) is 2.24. The SMILES string of the molecule is CC(C)N(Cc1ccccc1)S(=O)(=O)c1ccc(Cl)c([N+](=O)[O-])c1. The summed E-state index contributed by atoms with van der Waals surface area (Å²) in [5, 5.41) is 10.9. The van der Waals surface area contributed by atoms with E-state index in [9.17, 15) is 18.5 Å². The Bertz CT molecular complexity index is 838. The van der Waals surface area contributed by atoms with Crippen molar-refractivity contribution in [3.8, 4) is 0 Å². The van der Waals surface area contributed by atoms with Crippen LogP contribution in [0.2, 0.25) is 5.02 Å². The smallest absolute Gasteiger partial charge is 0.258 e. The lowest BCUT2D eigenvalue weighted by Gasteiger charge is -2.26. The molecule has 0 N–H and O–H groups in total. The lowest BCUT2D eigenvalue weighted by molar-refractivity contribution is -0.384. The highest BCUT2D eigenvalue weighted by Crippen LogP contribution is 2.29. The standard InChI is InChI=1S/C16H17ClN2O4S/c1-12(2)18(11-13-6-4-3-5-7-13)24(22,23)14-8-9-15(17)16(10-14)19(20)21/h3-10,12H,11H2,1-2H3. The van der Waals surface area contributed by atoms with Gasteiger partial charge in [-0.1, -0.05) is 41.9 Å². The van der Waals surface area contributed by atoms with Crippen LogP contribution in [0.5, 0.6) is 0 Å². The average molecular weight is 369 g/mol. The van der Waals surface area contributed by atoms with Crippen LogP contribution in [0.1, 0.15) is 19.4 Å². The maximum atomic E-state index is 12.9.